The van der Waals surface area contributed by atoms with Crippen molar-refractivity contribution < 1.29 is 24.2 Å². The summed E-state index contributed by atoms with van der Waals surface area (Å²) in [6, 6.07) is 15.0. The Balaban J connectivity index is 1.67. The van der Waals surface area contributed by atoms with Gasteiger partial charge in [-0.25, -0.2) is 4.79 Å². The van der Waals surface area contributed by atoms with Gasteiger partial charge in [0, 0.05) is 12.0 Å². The molecule has 0 aliphatic heterocycles. The summed E-state index contributed by atoms with van der Waals surface area (Å²) in [6.07, 6.45) is 0.252. The third kappa shape index (κ3) is 4.93. The van der Waals surface area contributed by atoms with Gasteiger partial charge in [0.05, 0.1) is 0 Å². The highest BCUT2D eigenvalue weighted by Gasteiger charge is 2.31. The molecule has 2 aromatic carbocycles. The van der Waals surface area contributed by atoms with Crippen LogP contribution in [0.25, 0.3) is 11.1 Å². The lowest BCUT2D eigenvalue weighted by molar-refractivity contribution is -0.147. The van der Waals surface area contributed by atoms with Crippen LogP contribution in [-0.4, -0.2) is 53.2 Å². The molecule has 2 atom stereocenters. The van der Waals surface area contributed by atoms with Gasteiger partial charge >= 0.3 is 12.1 Å². The summed E-state index contributed by atoms with van der Waals surface area (Å²) in [5, 5.41) is 11.8. The Morgan fingerprint density at radius 1 is 1.00 bits per heavy atom. The summed E-state index contributed by atoms with van der Waals surface area (Å²) in [6.45, 7) is 5.18. The summed E-state index contributed by atoms with van der Waals surface area (Å²) >= 11 is 0. The van der Waals surface area contributed by atoms with Crippen molar-refractivity contribution >= 4 is 18.0 Å². The van der Waals surface area contributed by atoms with E-state index in [4.69, 9.17) is 4.74 Å². The van der Waals surface area contributed by atoms with E-state index in [0.717, 1.165) is 22.3 Å². The van der Waals surface area contributed by atoms with Gasteiger partial charge in [-0.15, -0.1) is 0 Å². The van der Waals surface area contributed by atoms with E-state index >= 15 is 0 Å². The van der Waals surface area contributed by atoms with Crippen LogP contribution in [0.15, 0.2) is 48.5 Å². The molecule has 2 unspecified atom stereocenters. The van der Waals surface area contributed by atoms with Gasteiger partial charge in [0.2, 0.25) is 5.91 Å². The van der Waals surface area contributed by atoms with Gasteiger partial charge in [0.15, 0.2) is 0 Å². The molecule has 0 fully saturated rings. The van der Waals surface area contributed by atoms with Crippen molar-refractivity contribution in [2.75, 3.05) is 13.2 Å². The predicted molar refractivity (Wildman–Crippen MR) is 121 cm³/mol. The second-order valence-corrected chi connectivity index (χ2v) is 8.05. The lowest BCUT2D eigenvalue weighted by Crippen LogP contribution is -2.52. The zero-order chi connectivity index (χ0) is 23.3. The highest BCUT2D eigenvalue weighted by molar-refractivity contribution is 5.88. The number of aliphatic carboxylic acids is 1. The van der Waals surface area contributed by atoms with E-state index in [1.165, 1.54) is 4.90 Å². The fourth-order valence-corrected chi connectivity index (χ4v) is 4.14. The molecule has 0 saturated carbocycles. The van der Waals surface area contributed by atoms with Crippen molar-refractivity contribution in [2.45, 2.75) is 51.6 Å². The molecule has 0 heterocycles. The van der Waals surface area contributed by atoms with Crippen molar-refractivity contribution in [1.82, 2.24) is 10.2 Å². The van der Waals surface area contributed by atoms with Crippen LogP contribution in [0, 0.1) is 0 Å². The lowest BCUT2D eigenvalue weighted by atomic mass is 9.98. The van der Waals surface area contributed by atoms with E-state index in [0.29, 0.717) is 12.8 Å². The van der Waals surface area contributed by atoms with Crippen LogP contribution >= 0.6 is 0 Å². The monoisotopic (exact) mass is 438 g/mol. The van der Waals surface area contributed by atoms with Crippen molar-refractivity contribution in [2.24, 2.45) is 0 Å². The van der Waals surface area contributed by atoms with Crippen LogP contribution in [0.1, 0.15) is 50.7 Å². The number of benzene rings is 2. The first-order valence-electron chi connectivity index (χ1n) is 11.0. The van der Waals surface area contributed by atoms with E-state index in [2.05, 4.69) is 17.4 Å². The van der Waals surface area contributed by atoms with Crippen LogP contribution in [0.3, 0.4) is 0 Å². The molecule has 0 saturated heterocycles. The van der Waals surface area contributed by atoms with E-state index in [9.17, 15) is 19.5 Å². The summed E-state index contributed by atoms with van der Waals surface area (Å²) in [5.41, 5.74) is 4.48. The Bertz CT molecular complexity index is 944. The normalized spacial score (nSPS) is 14.1. The first kappa shape index (κ1) is 23.3. The number of carboxylic acid groups (broad SMARTS) is 1. The Morgan fingerprint density at radius 3 is 2.06 bits per heavy atom. The van der Waals surface area contributed by atoms with Gasteiger partial charge in [0.25, 0.3) is 0 Å². The third-order valence-electron chi connectivity index (χ3n) is 6.05. The SMILES string of the molecule is CCC(NC(=O)OCC1c2ccccc2-c2ccccc21)C(=O)N(CC(=O)O)C(C)CC. The fraction of sp³-hybridized carbons (Fsp3) is 0.400. The summed E-state index contributed by atoms with van der Waals surface area (Å²) in [7, 11) is 0. The minimum absolute atomic E-state index is 0.0763. The first-order valence-corrected chi connectivity index (χ1v) is 11.0. The zero-order valence-corrected chi connectivity index (χ0v) is 18.7. The standard InChI is InChI=1S/C25H30N2O5/c1-4-16(3)27(14-23(28)29)24(30)22(5-2)26-25(31)32-15-21-19-12-8-6-10-17(19)18-11-7-9-13-20(18)21/h6-13,16,21-22H,4-5,14-15H2,1-3H3,(H,26,31)(H,28,29). The van der Waals surface area contributed by atoms with Crippen LogP contribution in [0.4, 0.5) is 4.79 Å². The molecule has 0 aromatic heterocycles. The molecule has 2 N–H and O–H groups in total. The average molecular weight is 439 g/mol. The van der Waals surface area contributed by atoms with Gasteiger partial charge in [-0.2, -0.15) is 0 Å². The molecule has 7 heteroatoms. The predicted octanol–water partition coefficient (Wildman–Crippen LogP) is 4.02. The van der Waals surface area contributed by atoms with Gasteiger partial charge < -0.3 is 20.1 Å². The number of hydrogen-bond donors (Lipinski definition) is 2. The number of fused-ring (bicyclic) bond motifs is 3. The number of ether oxygens (including phenoxy) is 1. The Labute approximate surface area is 188 Å². The minimum atomic E-state index is -1.09. The van der Waals surface area contributed by atoms with Crippen LogP contribution in [0.5, 0.6) is 0 Å². The lowest BCUT2D eigenvalue weighted by Gasteiger charge is -2.30. The highest BCUT2D eigenvalue weighted by Crippen LogP contribution is 2.44. The number of nitrogens with zero attached hydrogens (tertiary/aromatic N) is 1. The second kappa shape index (κ2) is 10.3. The number of carboxylic acids is 1. The molecule has 2 amide bonds. The Hall–Kier alpha value is -3.35. The van der Waals surface area contributed by atoms with E-state index in [-0.39, 0.29) is 18.6 Å². The summed E-state index contributed by atoms with van der Waals surface area (Å²) in [5.74, 6) is -1.58. The molecule has 0 radical (unpaired) electrons. The van der Waals surface area contributed by atoms with Gasteiger partial charge in [0.1, 0.15) is 19.2 Å². The van der Waals surface area contributed by atoms with Crippen molar-refractivity contribution in [3.63, 3.8) is 0 Å². The topological polar surface area (TPSA) is 95.9 Å². The smallest absolute Gasteiger partial charge is 0.407 e. The quantitative estimate of drug-likeness (QED) is 0.617. The average Bonchev–Trinajstić information content (AvgIpc) is 3.12. The molecule has 1 aliphatic carbocycles. The molecule has 0 spiro atoms. The number of carbonyl (C=O) groups is 3. The molecule has 0 bridgehead atoms. The molecular weight excluding hydrogens is 408 g/mol. The number of carbonyl (C=O) groups excluding carboxylic acids is 2. The maximum Gasteiger partial charge on any atom is 0.407 e. The molecule has 2 aromatic rings. The molecule has 7 nitrogen and oxygen atoms in total. The zero-order valence-electron chi connectivity index (χ0n) is 18.7. The van der Waals surface area contributed by atoms with Crippen LogP contribution in [0.2, 0.25) is 0 Å². The molecule has 1 aliphatic rings. The van der Waals surface area contributed by atoms with E-state index in [1.54, 1.807) is 13.8 Å². The second-order valence-electron chi connectivity index (χ2n) is 8.05. The maximum atomic E-state index is 12.9. The van der Waals surface area contributed by atoms with Crippen molar-refractivity contribution in [3.8, 4) is 11.1 Å². The Kier molecular flexibility index (Phi) is 7.51. The van der Waals surface area contributed by atoms with Crippen molar-refractivity contribution in [3.05, 3.63) is 59.7 Å². The van der Waals surface area contributed by atoms with Crippen LogP contribution in [-0.2, 0) is 14.3 Å². The molecule has 170 valence electrons. The third-order valence-corrected chi connectivity index (χ3v) is 6.05. The van der Waals surface area contributed by atoms with Gasteiger partial charge in [-0.3, -0.25) is 9.59 Å². The number of nitrogens with one attached hydrogen (secondary N) is 1. The number of hydrogen-bond acceptors (Lipinski definition) is 4. The van der Waals surface area contributed by atoms with Crippen LogP contribution < -0.4 is 5.32 Å². The van der Waals surface area contributed by atoms with E-state index in [1.807, 2.05) is 43.3 Å². The molecule has 32 heavy (non-hydrogen) atoms. The van der Waals surface area contributed by atoms with Gasteiger partial charge in [-0.05, 0) is 42.0 Å². The minimum Gasteiger partial charge on any atom is -0.480 e. The number of alkyl carbamates (subject to hydrolysis) is 1. The first-order chi connectivity index (χ1) is 15.4. The maximum absolute atomic E-state index is 12.9. The van der Waals surface area contributed by atoms with Gasteiger partial charge in [-0.1, -0.05) is 62.4 Å². The van der Waals surface area contributed by atoms with Crippen molar-refractivity contribution in [1.29, 1.82) is 0 Å². The summed E-state index contributed by atoms with van der Waals surface area (Å²) in [4.78, 5) is 38.0. The summed E-state index contributed by atoms with van der Waals surface area (Å²) < 4.78 is 5.53. The largest absolute Gasteiger partial charge is 0.480 e. The molecular formula is C25H30N2O5. The molecule has 3 rings (SSSR count). The van der Waals surface area contributed by atoms with E-state index < -0.39 is 30.6 Å². The number of amides is 2. The Morgan fingerprint density at radius 2 is 1.56 bits per heavy atom. The number of rotatable bonds is 9. The highest BCUT2D eigenvalue weighted by atomic mass is 16.5. The fourth-order valence-electron chi connectivity index (χ4n) is 4.14.